The van der Waals surface area contributed by atoms with Gasteiger partial charge < -0.3 is 19.5 Å². The van der Waals surface area contributed by atoms with Crippen LogP contribution in [-0.2, 0) is 17.9 Å². The molecule has 0 aliphatic carbocycles. The van der Waals surface area contributed by atoms with Gasteiger partial charge in [0.05, 0.1) is 13.7 Å². The second-order valence-electron chi connectivity index (χ2n) is 5.14. The highest BCUT2D eigenvalue weighted by Gasteiger charge is 2.11. The van der Waals surface area contributed by atoms with Crippen LogP contribution in [0.4, 0.5) is 0 Å². The highest BCUT2D eigenvalue weighted by atomic mass is 35.5. The van der Waals surface area contributed by atoms with Gasteiger partial charge in [-0.15, -0.1) is 0 Å². The minimum absolute atomic E-state index is 0.345. The summed E-state index contributed by atoms with van der Waals surface area (Å²) in [6.07, 6.45) is 0. The number of rotatable bonds is 9. The van der Waals surface area contributed by atoms with E-state index in [2.05, 4.69) is 5.32 Å². The molecule has 0 heterocycles. The predicted octanol–water partition coefficient (Wildman–Crippen LogP) is 4.32. The van der Waals surface area contributed by atoms with Crippen molar-refractivity contribution in [2.24, 2.45) is 0 Å². The van der Waals surface area contributed by atoms with Crippen LogP contribution in [0.25, 0.3) is 0 Å². The normalized spacial score (nSPS) is 10.7. The Morgan fingerprint density at radius 2 is 1.75 bits per heavy atom. The van der Waals surface area contributed by atoms with Gasteiger partial charge in [-0.05, 0) is 17.7 Å². The number of ether oxygens (including phenoxy) is 3. The van der Waals surface area contributed by atoms with Crippen molar-refractivity contribution >= 4 is 23.2 Å². The Labute approximate surface area is 152 Å². The maximum atomic E-state index is 6.35. The Balaban J connectivity index is 2.07. The third kappa shape index (κ3) is 5.28. The average Bonchev–Trinajstić information content (AvgIpc) is 2.59. The zero-order valence-corrected chi connectivity index (χ0v) is 15.3. The van der Waals surface area contributed by atoms with E-state index in [9.17, 15) is 0 Å². The molecule has 24 heavy (non-hydrogen) atoms. The molecule has 0 atom stereocenters. The molecule has 0 radical (unpaired) electrons. The molecule has 0 aliphatic rings. The van der Waals surface area contributed by atoms with E-state index in [4.69, 9.17) is 37.4 Å². The lowest BCUT2D eigenvalue weighted by Crippen LogP contribution is -2.18. The third-order valence-corrected chi connectivity index (χ3v) is 4.19. The van der Waals surface area contributed by atoms with Gasteiger partial charge in [-0.3, -0.25) is 0 Å². The molecular weight excluding hydrogens is 349 g/mol. The van der Waals surface area contributed by atoms with E-state index < -0.39 is 0 Å². The fourth-order valence-corrected chi connectivity index (χ4v) is 2.56. The van der Waals surface area contributed by atoms with E-state index in [1.807, 2.05) is 30.3 Å². The number of methoxy groups -OCH3 is 2. The summed E-state index contributed by atoms with van der Waals surface area (Å²) in [5, 5.41) is 4.54. The summed E-state index contributed by atoms with van der Waals surface area (Å²) >= 11 is 12.5. The van der Waals surface area contributed by atoms with E-state index >= 15 is 0 Å². The maximum absolute atomic E-state index is 6.35. The first-order chi connectivity index (χ1) is 11.7. The van der Waals surface area contributed by atoms with Crippen LogP contribution in [0.1, 0.15) is 11.1 Å². The topological polar surface area (TPSA) is 39.7 Å². The molecule has 2 aromatic rings. The van der Waals surface area contributed by atoms with Crippen molar-refractivity contribution in [2.75, 3.05) is 27.4 Å². The van der Waals surface area contributed by atoms with Gasteiger partial charge in [0.2, 0.25) is 0 Å². The molecule has 0 unspecified atom stereocenters. The quantitative estimate of drug-likeness (QED) is 0.668. The smallest absolute Gasteiger partial charge is 0.163 e. The second kappa shape index (κ2) is 9.74. The van der Waals surface area contributed by atoms with Gasteiger partial charge in [-0.25, -0.2) is 0 Å². The van der Waals surface area contributed by atoms with Gasteiger partial charge in [0.15, 0.2) is 11.5 Å². The van der Waals surface area contributed by atoms with Gasteiger partial charge >= 0.3 is 0 Å². The summed E-state index contributed by atoms with van der Waals surface area (Å²) < 4.78 is 16.3. The molecule has 0 fully saturated rings. The van der Waals surface area contributed by atoms with Crippen molar-refractivity contribution in [3.63, 3.8) is 0 Å². The molecule has 130 valence electrons. The molecule has 1 N–H and O–H groups in total. The highest BCUT2D eigenvalue weighted by Crippen LogP contribution is 2.34. The summed E-state index contributed by atoms with van der Waals surface area (Å²) in [7, 11) is 3.27. The van der Waals surface area contributed by atoms with Gasteiger partial charge in [-0.1, -0.05) is 41.4 Å². The SMILES string of the molecule is COCCNCc1cc(OC)c(OCc2ccccc2Cl)cc1Cl. The average molecular weight is 370 g/mol. The third-order valence-electron chi connectivity index (χ3n) is 3.47. The van der Waals surface area contributed by atoms with Crippen molar-refractivity contribution in [1.29, 1.82) is 0 Å². The van der Waals surface area contributed by atoms with Gasteiger partial charge in [0.1, 0.15) is 6.61 Å². The number of halogens is 2. The largest absolute Gasteiger partial charge is 0.493 e. The van der Waals surface area contributed by atoms with Crippen LogP contribution in [0.3, 0.4) is 0 Å². The number of hydrogen-bond acceptors (Lipinski definition) is 4. The van der Waals surface area contributed by atoms with Crippen LogP contribution >= 0.6 is 23.2 Å². The second-order valence-corrected chi connectivity index (χ2v) is 5.96. The molecular formula is C18H21Cl2NO3. The molecule has 0 amide bonds. The molecule has 2 aromatic carbocycles. The lowest BCUT2D eigenvalue weighted by molar-refractivity contribution is 0.199. The van der Waals surface area contributed by atoms with Crippen molar-refractivity contribution in [2.45, 2.75) is 13.2 Å². The number of nitrogens with one attached hydrogen (secondary N) is 1. The summed E-state index contributed by atoms with van der Waals surface area (Å²) in [5.41, 5.74) is 1.84. The van der Waals surface area contributed by atoms with E-state index in [1.54, 1.807) is 20.3 Å². The molecule has 0 aromatic heterocycles. The first-order valence-electron chi connectivity index (χ1n) is 7.58. The summed E-state index contributed by atoms with van der Waals surface area (Å²) in [4.78, 5) is 0. The Kier molecular flexibility index (Phi) is 7.66. The molecule has 0 spiro atoms. The van der Waals surface area contributed by atoms with Crippen molar-refractivity contribution in [3.8, 4) is 11.5 Å². The van der Waals surface area contributed by atoms with Crippen LogP contribution in [0, 0.1) is 0 Å². The fourth-order valence-electron chi connectivity index (χ4n) is 2.15. The molecule has 0 saturated heterocycles. The van der Waals surface area contributed by atoms with Crippen LogP contribution in [-0.4, -0.2) is 27.4 Å². The Bertz CT molecular complexity index is 665. The lowest BCUT2D eigenvalue weighted by Gasteiger charge is -2.15. The Morgan fingerprint density at radius 3 is 2.46 bits per heavy atom. The van der Waals surface area contributed by atoms with Crippen LogP contribution in [0.2, 0.25) is 10.0 Å². The van der Waals surface area contributed by atoms with E-state index in [-0.39, 0.29) is 0 Å². The van der Waals surface area contributed by atoms with Gasteiger partial charge in [0.25, 0.3) is 0 Å². The van der Waals surface area contributed by atoms with Gasteiger partial charge in [-0.2, -0.15) is 0 Å². The molecule has 0 aliphatic heterocycles. The first-order valence-corrected chi connectivity index (χ1v) is 8.33. The molecule has 0 saturated carbocycles. The van der Waals surface area contributed by atoms with Crippen LogP contribution in [0.15, 0.2) is 36.4 Å². The molecule has 6 heteroatoms. The standard InChI is InChI=1S/C18H21Cl2NO3/c1-22-8-7-21-11-14-9-17(23-2)18(10-16(14)20)24-12-13-5-3-4-6-15(13)19/h3-6,9-10,21H,7-8,11-12H2,1-2H3. The van der Waals surface area contributed by atoms with Crippen LogP contribution < -0.4 is 14.8 Å². The first kappa shape index (κ1) is 18.9. The Morgan fingerprint density at radius 1 is 0.958 bits per heavy atom. The predicted molar refractivity (Wildman–Crippen MR) is 97.4 cm³/mol. The number of hydrogen-bond donors (Lipinski definition) is 1. The van der Waals surface area contributed by atoms with E-state index in [0.717, 1.165) is 17.7 Å². The fraction of sp³-hybridized carbons (Fsp3) is 0.333. The summed E-state index contributed by atoms with van der Waals surface area (Å²) in [6, 6.07) is 11.2. The van der Waals surface area contributed by atoms with E-state index in [0.29, 0.717) is 41.3 Å². The monoisotopic (exact) mass is 369 g/mol. The van der Waals surface area contributed by atoms with Crippen molar-refractivity contribution in [3.05, 3.63) is 57.6 Å². The summed E-state index contributed by atoms with van der Waals surface area (Å²) in [5.74, 6) is 1.22. The lowest BCUT2D eigenvalue weighted by atomic mass is 10.2. The number of benzene rings is 2. The minimum Gasteiger partial charge on any atom is -0.493 e. The molecule has 2 rings (SSSR count). The highest BCUT2D eigenvalue weighted by molar-refractivity contribution is 6.31. The summed E-state index contributed by atoms with van der Waals surface area (Å²) in [6.45, 7) is 2.37. The minimum atomic E-state index is 0.345. The Hall–Kier alpha value is -1.46. The molecule has 0 bridgehead atoms. The van der Waals surface area contributed by atoms with Gasteiger partial charge in [0, 0.05) is 41.9 Å². The molecule has 4 nitrogen and oxygen atoms in total. The van der Waals surface area contributed by atoms with Crippen molar-refractivity contribution in [1.82, 2.24) is 5.32 Å². The van der Waals surface area contributed by atoms with Crippen molar-refractivity contribution < 1.29 is 14.2 Å². The van der Waals surface area contributed by atoms with E-state index in [1.165, 1.54) is 0 Å². The zero-order valence-electron chi connectivity index (χ0n) is 13.8. The van der Waals surface area contributed by atoms with Crippen LogP contribution in [0.5, 0.6) is 11.5 Å². The zero-order chi connectivity index (χ0) is 17.4. The maximum Gasteiger partial charge on any atom is 0.163 e.